The van der Waals surface area contributed by atoms with Crippen molar-refractivity contribution < 1.29 is 42.9 Å². The molecule has 0 fully saturated rings. The number of likely N-dealkylation sites (N-methyl/N-ethyl adjacent to an activating group) is 1. The highest BCUT2D eigenvalue weighted by atomic mass is 16.7. The van der Waals surface area contributed by atoms with Gasteiger partial charge in [-0.1, -0.05) is 232 Å². The molecule has 0 bridgehead atoms. The molecule has 9 nitrogen and oxygen atoms in total. The molecule has 0 heterocycles. The number of unbranched alkanes of at least 4 members (excludes halogenated alkanes) is 21. The molecule has 0 aliphatic heterocycles. The smallest absolute Gasteiger partial charge is 0.361 e. The van der Waals surface area contributed by atoms with Crippen LogP contribution in [-0.2, 0) is 33.3 Å². The maximum absolute atomic E-state index is 12.9. The summed E-state index contributed by atoms with van der Waals surface area (Å²) < 4.78 is 22.9. The number of carboxylic acids is 1. The van der Waals surface area contributed by atoms with Crippen LogP contribution in [0.15, 0.2) is 109 Å². The van der Waals surface area contributed by atoms with Gasteiger partial charge in [0.2, 0.25) is 0 Å². The summed E-state index contributed by atoms with van der Waals surface area (Å²) in [5, 5.41) is 9.71. The number of rotatable bonds is 54. The molecule has 0 radical (unpaired) electrons. The van der Waals surface area contributed by atoms with Gasteiger partial charge in [-0.15, -0.1) is 0 Å². The molecule has 0 aromatic carbocycles. The summed E-state index contributed by atoms with van der Waals surface area (Å²) in [5.74, 6) is -2.02. The fourth-order valence-electron chi connectivity index (χ4n) is 7.97. The molecular weight excluding hydrogens is 935 g/mol. The highest BCUT2D eigenvalue weighted by Gasteiger charge is 2.25. The van der Waals surface area contributed by atoms with Gasteiger partial charge < -0.3 is 28.5 Å². The Morgan fingerprint density at radius 2 is 0.720 bits per heavy atom. The fourth-order valence-corrected chi connectivity index (χ4v) is 7.97. The van der Waals surface area contributed by atoms with Crippen LogP contribution in [0.1, 0.15) is 232 Å². The fraction of sp³-hybridized carbons (Fsp3) is 0.682. The van der Waals surface area contributed by atoms with E-state index in [2.05, 4.69) is 123 Å². The minimum atomic E-state index is -1.52. The monoisotopic (exact) mass is 1050 g/mol. The van der Waals surface area contributed by atoms with E-state index < -0.39 is 24.3 Å². The molecule has 428 valence electrons. The Morgan fingerprint density at radius 3 is 1.07 bits per heavy atom. The highest BCUT2D eigenvalue weighted by molar-refractivity contribution is 5.71. The second-order valence-corrected chi connectivity index (χ2v) is 20.9. The number of hydrogen-bond donors (Lipinski definition) is 1. The van der Waals surface area contributed by atoms with Gasteiger partial charge >= 0.3 is 17.9 Å². The average molecular weight is 1050 g/mol. The molecule has 9 heteroatoms. The summed E-state index contributed by atoms with van der Waals surface area (Å²) in [7, 11) is 5.96. The lowest BCUT2D eigenvalue weighted by molar-refractivity contribution is -0.870. The minimum Gasteiger partial charge on any atom is -0.477 e. The van der Waals surface area contributed by atoms with Crippen LogP contribution in [0.5, 0.6) is 0 Å². The number of allylic oxidation sites excluding steroid dienone is 18. The zero-order valence-electron chi connectivity index (χ0n) is 48.7. The number of carbonyl (C=O) groups excluding carboxylic acids is 2. The lowest BCUT2D eigenvalue weighted by Crippen LogP contribution is -2.40. The van der Waals surface area contributed by atoms with Crippen molar-refractivity contribution in [2.45, 2.75) is 245 Å². The van der Waals surface area contributed by atoms with Crippen LogP contribution >= 0.6 is 0 Å². The summed E-state index contributed by atoms with van der Waals surface area (Å²) in [6, 6.07) is 0. The van der Waals surface area contributed by atoms with Gasteiger partial charge in [-0.2, -0.15) is 0 Å². The molecular formula is C66H112NO8+. The first-order chi connectivity index (χ1) is 36.6. The molecule has 75 heavy (non-hydrogen) atoms. The van der Waals surface area contributed by atoms with Crippen molar-refractivity contribution >= 4 is 17.9 Å². The average Bonchev–Trinajstić information content (AvgIpc) is 3.38. The van der Waals surface area contributed by atoms with E-state index in [-0.39, 0.29) is 38.6 Å². The number of nitrogens with zero attached hydrogens (tertiary/aromatic N) is 1. The Bertz CT molecular complexity index is 1590. The SMILES string of the molecule is CC/C=C\C/C=C\C/C=C\C/C=C\C/C=C\C/C=C\CCCCCCCCCCCCCCCCC(=O)OC(COC(=O)CCCCCCCCC/C=C\C/C=C\C/C=C\CC)COC(OCC[N+](C)(C)C)C(=O)O. The van der Waals surface area contributed by atoms with E-state index in [0.29, 0.717) is 17.4 Å². The molecule has 0 aliphatic rings. The number of carbonyl (C=O) groups is 3. The van der Waals surface area contributed by atoms with Gasteiger partial charge in [0.05, 0.1) is 34.4 Å². The molecule has 0 amide bonds. The van der Waals surface area contributed by atoms with E-state index >= 15 is 0 Å². The van der Waals surface area contributed by atoms with Gasteiger partial charge in [0.25, 0.3) is 6.29 Å². The summed E-state index contributed by atoms with van der Waals surface area (Å²) in [4.78, 5) is 37.4. The first-order valence-electron chi connectivity index (χ1n) is 30.1. The van der Waals surface area contributed by atoms with E-state index in [1.54, 1.807) is 0 Å². The van der Waals surface area contributed by atoms with Gasteiger partial charge in [0.15, 0.2) is 6.10 Å². The number of aliphatic carboxylic acids is 1. The first-order valence-corrected chi connectivity index (χ1v) is 30.1. The second kappa shape index (κ2) is 56.2. The Labute approximate surface area is 460 Å². The number of carboxylic acid groups (broad SMARTS) is 1. The molecule has 2 unspecified atom stereocenters. The van der Waals surface area contributed by atoms with Gasteiger partial charge in [-0.05, 0) is 96.3 Å². The Hall–Kier alpha value is -4.05. The Kier molecular flexibility index (Phi) is 53.1. The topological polar surface area (TPSA) is 108 Å². The van der Waals surface area contributed by atoms with E-state index in [1.165, 1.54) is 89.9 Å². The maximum Gasteiger partial charge on any atom is 0.361 e. The third kappa shape index (κ3) is 57.5. The summed E-state index contributed by atoms with van der Waals surface area (Å²) >= 11 is 0. The third-order valence-corrected chi connectivity index (χ3v) is 12.5. The molecule has 0 aromatic rings. The van der Waals surface area contributed by atoms with Crippen molar-refractivity contribution in [2.75, 3.05) is 47.5 Å². The zero-order valence-corrected chi connectivity index (χ0v) is 48.7. The summed E-state index contributed by atoms with van der Waals surface area (Å²) in [5.41, 5.74) is 0. The van der Waals surface area contributed by atoms with Crippen molar-refractivity contribution in [1.29, 1.82) is 0 Å². The van der Waals surface area contributed by atoms with E-state index in [1.807, 2.05) is 21.1 Å². The van der Waals surface area contributed by atoms with Crippen LogP contribution in [0.2, 0.25) is 0 Å². The van der Waals surface area contributed by atoms with Crippen LogP contribution < -0.4 is 0 Å². The zero-order chi connectivity index (χ0) is 54.8. The van der Waals surface area contributed by atoms with Crippen molar-refractivity contribution in [3.8, 4) is 0 Å². The molecule has 0 aromatic heterocycles. The van der Waals surface area contributed by atoms with Crippen molar-refractivity contribution in [2.24, 2.45) is 0 Å². The summed E-state index contributed by atoms with van der Waals surface area (Å²) in [6.07, 6.45) is 74.6. The number of hydrogen-bond acceptors (Lipinski definition) is 7. The highest BCUT2D eigenvalue weighted by Crippen LogP contribution is 2.16. The van der Waals surface area contributed by atoms with Crippen molar-refractivity contribution in [3.05, 3.63) is 109 Å². The lowest BCUT2D eigenvalue weighted by atomic mass is 10.0. The number of quaternary nitrogens is 1. The van der Waals surface area contributed by atoms with Crippen LogP contribution in [0.3, 0.4) is 0 Å². The maximum atomic E-state index is 12.9. The molecule has 2 atom stereocenters. The van der Waals surface area contributed by atoms with Crippen molar-refractivity contribution in [3.63, 3.8) is 0 Å². The van der Waals surface area contributed by atoms with Crippen LogP contribution in [0.4, 0.5) is 0 Å². The second-order valence-electron chi connectivity index (χ2n) is 20.9. The quantitative estimate of drug-likeness (QED) is 0.0211. The minimum absolute atomic E-state index is 0.181. The first kappa shape index (κ1) is 71.0. The Morgan fingerprint density at radius 1 is 0.400 bits per heavy atom. The van der Waals surface area contributed by atoms with Crippen molar-refractivity contribution in [1.82, 2.24) is 0 Å². The van der Waals surface area contributed by atoms with Crippen LogP contribution in [0, 0.1) is 0 Å². The normalized spacial score (nSPS) is 13.6. The van der Waals surface area contributed by atoms with Gasteiger partial charge in [-0.3, -0.25) is 9.59 Å². The van der Waals surface area contributed by atoms with Gasteiger partial charge in [-0.25, -0.2) is 4.79 Å². The number of esters is 2. The predicted molar refractivity (Wildman–Crippen MR) is 318 cm³/mol. The van der Waals surface area contributed by atoms with E-state index in [9.17, 15) is 19.5 Å². The molecule has 0 aliphatic carbocycles. The molecule has 0 spiro atoms. The molecule has 0 saturated carbocycles. The summed E-state index contributed by atoms with van der Waals surface area (Å²) in [6.45, 7) is 4.64. The number of ether oxygens (including phenoxy) is 4. The molecule has 0 saturated heterocycles. The third-order valence-electron chi connectivity index (χ3n) is 12.5. The predicted octanol–water partition coefficient (Wildman–Crippen LogP) is 17.9. The molecule has 0 rings (SSSR count). The van der Waals surface area contributed by atoms with E-state index in [4.69, 9.17) is 18.9 Å². The molecule has 1 N–H and O–H groups in total. The standard InChI is InChI=1S/C66H111NO8/c1-6-8-10-12-14-16-18-20-22-24-25-26-27-28-29-30-31-32-33-34-35-36-37-38-39-41-43-45-47-49-51-53-55-57-64(69)75-62(61-74-66(65(70)71)72-59-58-67(3,4)5)60-73-63(68)56-54-52-50-48-46-44-42-40-23-21-19-17-15-13-11-9-7-2/h8-11,14-17,20-23,25-26,28-29,31-32,62,66H,6-7,12-13,18-19,24,27,30,33-61H2,1-5H3/p+1/b10-8-,11-9-,16-14-,17-15-,22-20-,23-21-,26-25-,29-28-,32-31-. The largest absolute Gasteiger partial charge is 0.477 e. The van der Waals surface area contributed by atoms with E-state index in [0.717, 1.165) is 109 Å². The Balaban J connectivity index is 4.18. The van der Waals surface area contributed by atoms with Gasteiger partial charge in [0.1, 0.15) is 13.2 Å². The van der Waals surface area contributed by atoms with Crippen LogP contribution in [-0.4, -0.2) is 87.4 Å². The van der Waals surface area contributed by atoms with Crippen LogP contribution in [0.25, 0.3) is 0 Å². The lowest BCUT2D eigenvalue weighted by Gasteiger charge is -2.25. The van der Waals surface area contributed by atoms with Gasteiger partial charge in [0, 0.05) is 12.8 Å².